The largest absolute Gasteiger partial charge is 0.493 e. The van der Waals surface area contributed by atoms with Crippen LogP contribution in [0.25, 0.3) is 11.0 Å². The van der Waals surface area contributed by atoms with Gasteiger partial charge in [-0.05, 0) is 30.7 Å². The zero-order chi connectivity index (χ0) is 18.7. The van der Waals surface area contributed by atoms with Crippen molar-refractivity contribution >= 4 is 22.7 Å². The van der Waals surface area contributed by atoms with Crippen LogP contribution in [0.4, 0.5) is 0 Å². The second-order valence-corrected chi connectivity index (χ2v) is 5.58. The van der Waals surface area contributed by atoms with Crippen molar-refractivity contribution in [1.82, 2.24) is 5.43 Å². The lowest BCUT2D eigenvalue weighted by atomic mass is 10.1. The fraction of sp³-hybridized carbons (Fsp3) is 0.105. The van der Waals surface area contributed by atoms with E-state index in [1.54, 1.807) is 36.4 Å². The van der Waals surface area contributed by atoms with E-state index >= 15 is 0 Å². The number of nitrogens with two attached hydrogens (primary N) is 1. The van der Waals surface area contributed by atoms with Gasteiger partial charge in [-0.2, -0.15) is 5.10 Å². The molecule has 0 saturated heterocycles. The summed E-state index contributed by atoms with van der Waals surface area (Å²) in [4.78, 5) is 24.4. The fourth-order valence-corrected chi connectivity index (χ4v) is 2.52. The average Bonchev–Trinajstić information content (AvgIpc) is 2.65. The molecule has 1 aromatic heterocycles. The first-order valence-electron chi connectivity index (χ1n) is 7.81. The highest BCUT2D eigenvalue weighted by molar-refractivity contribution is 6.01. The van der Waals surface area contributed by atoms with E-state index in [0.29, 0.717) is 22.3 Å². The molecule has 0 unspecified atom stereocenters. The molecule has 0 saturated carbocycles. The summed E-state index contributed by atoms with van der Waals surface area (Å²) >= 11 is 0. The molecular formula is C19H17N3O4. The van der Waals surface area contributed by atoms with E-state index in [-0.39, 0.29) is 11.4 Å². The Morgan fingerprint density at radius 3 is 2.65 bits per heavy atom. The maximum Gasteiger partial charge on any atom is 0.347 e. The van der Waals surface area contributed by atoms with Gasteiger partial charge >= 0.3 is 5.63 Å². The van der Waals surface area contributed by atoms with Crippen LogP contribution >= 0.6 is 0 Å². The number of hydrogen-bond donors (Lipinski definition) is 2. The van der Waals surface area contributed by atoms with Gasteiger partial charge in [0.05, 0.1) is 7.11 Å². The minimum Gasteiger partial charge on any atom is -0.493 e. The van der Waals surface area contributed by atoms with Gasteiger partial charge in [0.2, 0.25) is 0 Å². The smallest absolute Gasteiger partial charge is 0.347 e. The Kier molecular flexibility index (Phi) is 4.70. The zero-order valence-corrected chi connectivity index (χ0v) is 14.3. The summed E-state index contributed by atoms with van der Waals surface area (Å²) in [5.74, 6) is -0.127. The zero-order valence-electron chi connectivity index (χ0n) is 14.3. The number of fused-ring (bicyclic) bond motifs is 1. The van der Waals surface area contributed by atoms with E-state index in [1.807, 2.05) is 19.1 Å². The van der Waals surface area contributed by atoms with Gasteiger partial charge in [-0.15, -0.1) is 0 Å². The number of para-hydroxylation sites is 1. The van der Waals surface area contributed by atoms with Crippen LogP contribution in [-0.2, 0) is 0 Å². The number of aryl methyl sites for hydroxylation is 1. The molecule has 132 valence electrons. The number of benzene rings is 2. The number of amides is 1. The van der Waals surface area contributed by atoms with Gasteiger partial charge in [0, 0.05) is 10.9 Å². The third kappa shape index (κ3) is 3.27. The van der Waals surface area contributed by atoms with Crippen molar-refractivity contribution in [3.63, 3.8) is 0 Å². The summed E-state index contributed by atoms with van der Waals surface area (Å²) < 4.78 is 10.5. The Morgan fingerprint density at radius 2 is 1.92 bits per heavy atom. The Balaban J connectivity index is 1.92. The predicted molar refractivity (Wildman–Crippen MR) is 98.4 cm³/mol. The van der Waals surface area contributed by atoms with Gasteiger partial charge in [-0.25, -0.2) is 10.2 Å². The number of nitrogens with zero attached hydrogens (tertiary/aromatic N) is 1. The van der Waals surface area contributed by atoms with Crippen molar-refractivity contribution < 1.29 is 13.9 Å². The maximum absolute atomic E-state index is 12.2. The normalized spacial score (nSPS) is 11.4. The molecule has 0 aliphatic heterocycles. The first kappa shape index (κ1) is 17.2. The number of hydrazone groups is 1. The van der Waals surface area contributed by atoms with E-state index < -0.39 is 11.5 Å². The van der Waals surface area contributed by atoms with Gasteiger partial charge in [0.1, 0.15) is 5.56 Å². The van der Waals surface area contributed by atoms with Gasteiger partial charge in [-0.1, -0.05) is 30.3 Å². The average molecular weight is 351 g/mol. The van der Waals surface area contributed by atoms with Crippen LogP contribution in [0, 0.1) is 6.92 Å². The van der Waals surface area contributed by atoms with Crippen molar-refractivity contribution in [3.8, 4) is 5.75 Å². The highest BCUT2D eigenvalue weighted by atomic mass is 16.5. The second kappa shape index (κ2) is 7.10. The molecule has 0 spiro atoms. The van der Waals surface area contributed by atoms with E-state index in [4.69, 9.17) is 14.9 Å². The summed E-state index contributed by atoms with van der Waals surface area (Å²) in [6.07, 6.45) is 0. The molecule has 7 heteroatoms. The van der Waals surface area contributed by atoms with Crippen molar-refractivity contribution in [2.45, 2.75) is 6.92 Å². The molecule has 3 aromatic rings. The summed E-state index contributed by atoms with van der Waals surface area (Å²) in [7, 11) is 1.49. The quantitative estimate of drug-likeness (QED) is 0.324. The molecule has 7 nitrogen and oxygen atoms in total. The Morgan fingerprint density at radius 1 is 1.15 bits per heavy atom. The topological polar surface area (TPSA) is 107 Å². The van der Waals surface area contributed by atoms with Crippen LogP contribution < -0.4 is 21.5 Å². The minimum atomic E-state index is -0.673. The van der Waals surface area contributed by atoms with E-state index in [9.17, 15) is 9.59 Å². The number of rotatable bonds is 4. The van der Waals surface area contributed by atoms with Crippen molar-refractivity contribution in [3.05, 3.63) is 75.6 Å². The van der Waals surface area contributed by atoms with Crippen molar-refractivity contribution in [1.29, 1.82) is 0 Å². The Labute approximate surface area is 149 Å². The number of amidine groups is 1. The van der Waals surface area contributed by atoms with Crippen molar-refractivity contribution in [2.24, 2.45) is 10.8 Å². The third-order valence-electron chi connectivity index (χ3n) is 3.89. The van der Waals surface area contributed by atoms with Crippen LogP contribution in [0.3, 0.4) is 0 Å². The molecule has 1 amide bonds. The SMILES string of the molecule is COc1cccc2cc(/C(N)=N/NC(=O)c3ccccc3C)c(=O)oc12. The standard InChI is InChI=1S/C19H17N3O4/c1-11-6-3-4-8-13(11)18(23)22-21-17(20)14-10-12-7-5-9-15(25-2)16(12)26-19(14)24/h3-10H,1-2H3,(H2,20,21)(H,22,23). The van der Waals surface area contributed by atoms with Crippen molar-refractivity contribution in [2.75, 3.05) is 7.11 Å². The first-order chi connectivity index (χ1) is 12.5. The van der Waals surface area contributed by atoms with Gasteiger partial charge in [0.25, 0.3) is 5.91 Å². The lowest BCUT2D eigenvalue weighted by molar-refractivity contribution is 0.0954. The second-order valence-electron chi connectivity index (χ2n) is 5.58. The lowest BCUT2D eigenvalue weighted by Crippen LogP contribution is -2.28. The summed E-state index contributed by atoms with van der Waals surface area (Å²) in [6, 6.07) is 13.8. The molecule has 0 aliphatic carbocycles. The van der Waals surface area contributed by atoms with Crippen LogP contribution in [0.1, 0.15) is 21.5 Å². The molecule has 0 radical (unpaired) electrons. The molecule has 0 bridgehead atoms. The minimum absolute atomic E-state index is 0.0517. The Hall–Kier alpha value is -3.61. The number of methoxy groups -OCH3 is 1. The molecule has 0 fully saturated rings. The fourth-order valence-electron chi connectivity index (χ4n) is 2.52. The lowest BCUT2D eigenvalue weighted by Gasteiger charge is -2.06. The number of carbonyl (C=O) groups is 1. The molecule has 2 aromatic carbocycles. The van der Waals surface area contributed by atoms with Gasteiger partial charge in [0.15, 0.2) is 17.2 Å². The Bertz CT molecular complexity index is 1070. The highest BCUT2D eigenvalue weighted by Gasteiger charge is 2.13. The molecule has 0 aliphatic rings. The monoisotopic (exact) mass is 351 g/mol. The molecule has 3 rings (SSSR count). The van der Waals surface area contributed by atoms with Crippen LogP contribution in [0.15, 0.2) is 62.8 Å². The summed E-state index contributed by atoms with van der Waals surface area (Å²) in [5, 5.41) is 4.45. The molecule has 0 atom stereocenters. The highest BCUT2D eigenvalue weighted by Crippen LogP contribution is 2.24. The van der Waals surface area contributed by atoms with Crippen LogP contribution in [0.2, 0.25) is 0 Å². The van der Waals surface area contributed by atoms with Crippen LogP contribution in [-0.4, -0.2) is 18.9 Å². The first-order valence-corrected chi connectivity index (χ1v) is 7.81. The van der Waals surface area contributed by atoms with E-state index in [0.717, 1.165) is 5.56 Å². The number of ether oxygens (including phenoxy) is 1. The molecule has 1 heterocycles. The van der Waals surface area contributed by atoms with Gasteiger partial charge < -0.3 is 14.9 Å². The van der Waals surface area contributed by atoms with E-state index in [1.165, 1.54) is 7.11 Å². The number of hydrogen-bond acceptors (Lipinski definition) is 5. The van der Waals surface area contributed by atoms with E-state index in [2.05, 4.69) is 10.5 Å². The third-order valence-corrected chi connectivity index (χ3v) is 3.89. The van der Waals surface area contributed by atoms with Crippen LogP contribution in [0.5, 0.6) is 5.75 Å². The molecular weight excluding hydrogens is 334 g/mol. The number of nitrogens with one attached hydrogen (secondary N) is 1. The number of carbonyl (C=O) groups excluding carboxylic acids is 1. The van der Waals surface area contributed by atoms with Gasteiger partial charge in [-0.3, -0.25) is 4.79 Å². The predicted octanol–water partition coefficient (Wildman–Crippen LogP) is 2.16. The summed E-state index contributed by atoms with van der Waals surface area (Å²) in [5.41, 5.74) is 9.19. The molecule has 3 N–H and O–H groups in total. The molecule has 26 heavy (non-hydrogen) atoms. The maximum atomic E-state index is 12.2. The summed E-state index contributed by atoms with van der Waals surface area (Å²) in [6.45, 7) is 1.81.